The van der Waals surface area contributed by atoms with Crippen molar-refractivity contribution in [3.05, 3.63) is 40.3 Å². The van der Waals surface area contributed by atoms with Gasteiger partial charge in [-0.05, 0) is 72.8 Å². The van der Waals surface area contributed by atoms with Crippen molar-refractivity contribution < 1.29 is 37.4 Å². The number of aromatic amines is 1. The number of carbonyl (C=O) groups excluding carboxylic acids is 2. The van der Waals surface area contributed by atoms with Crippen LogP contribution in [0.15, 0.2) is 29.1 Å². The maximum absolute atomic E-state index is 12.7. The summed E-state index contributed by atoms with van der Waals surface area (Å²) >= 11 is 0. The van der Waals surface area contributed by atoms with Crippen molar-refractivity contribution in [1.82, 2.24) is 29.7 Å². The van der Waals surface area contributed by atoms with Gasteiger partial charge in [-0.15, -0.1) is 0 Å². The van der Waals surface area contributed by atoms with Gasteiger partial charge in [0.15, 0.2) is 0 Å². The molecule has 1 aliphatic heterocycles. The Balaban J connectivity index is 0.000000676. The number of rotatable bonds is 6. The molecule has 4 rings (SSSR count). The number of piperidine rings is 1. The molecule has 0 saturated carbocycles. The molecule has 1 aliphatic rings. The molecule has 13 nitrogen and oxygen atoms in total. The Hall–Kier alpha value is -4.34. The third-order valence-electron chi connectivity index (χ3n) is 6.59. The number of aliphatic carboxylic acids is 1. The minimum atomic E-state index is -5.08. The van der Waals surface area contributed by atoms with Crippen LogP contribution in [0, 0.1) is 0 Å². The van der Waals surface area contributed by atoms with E-state index in [1.807, 2.05) is 47.0 Å². The molecule has 0 spiro atoms. The lowest BCUT2D eigenvalue weighted by molar-refractivity contribution is -0.192. The lowest BCUT2D eigenvalue weighted by Gasteiger charge is -2.33. The van der Waals surface area contributed by atoms with E-state index < -0.39 is 17.7 Å². The van der Waals surface area contributed by atoms with Gasteiger partial charge in [0.25, 0.3) is 5.56 Å². The molecule has 3 heterocycles. The molecular formula is C28H38F3N7O6. The number of hydrogen-bond acceptors (Lipinski definition) is 7. The zero-order valence-corrected chi connectivity index (χ0v) is 25.2. The van der Waals surface area contributed by atoms with Gasteiger partial charge >= 0.3 is 24.3 Å². The van der Waals surface area contributed by atoms with Crippen LogP contribution in [0.2, 0.25) is 0 Å². The van der Waals surface area contributed by atoms with Crippen LogP contribution in [0.25, 0.3) is 16.6 Å². The zero-order chi connectivity index (χ0) is 32.8. The Morgan fingerprint density at radius 1 is 1.16 bits per heavy atom. The van der Waals surface area contributed by atoms with E-state index in [9.17, 15) is 27.6 Å². The normalized spacial score (nSPS) is 14.3. The van der Waals surface area contributed by atoms with E-state index in [0.29, 0.717) is 54.7 Å². The number of carbonyl (C=O) groups is 3. The van der Waals surface area contributed by atoms with Crippen molar-refractivity contribution in [3.63, 3.8) is 0 Å². The number of alkyl halides is 3. The molecule has 3 amide bonds. The maximum Gasteiger partial charge on any atom is 0.490 e. The summed E-state index contributed by atoms with van der Waals surface area (Å²) in [6.45, 7) is 8.06. The largest absolute Gasteiger partial charge is 0.490 e. The van der Waals surface area contributed by atoms with Crippen molar-refractivity contribution in [2.45, 2.75) is 57.7 Å². The van der Waals surface area contributed by atoms with E-state index in [2.05, 4.69) is 20.5 Å². The van der Waals surface area contributed by atoms with Gasteiger partial charge in [-0.2, -0.15) is 18.3 Å². The van der Waals surface area contributed by atoms with E-state index in [1.54, 1.807) is 21.5 Å². The predicted octanol–water partition coefficient (Wildman–Crippen LogP) is 4.00. The molecule has 242 valence electrons. The van der Waals surface area contributed by atoms with Crippen molar-refractivity contribution in [3.8, 4) is 0 Å². The van der Waals surface area contributed by atoms with E-state index >= 15 is 0 Å². The summed E-state index contributed by atoms with van der Waals surface area (Å²) in [6, 6.07) is 6.76. The summed E-state index contributed by atoms with van der Waals surface area (Å²) in [5.41, 5.74) is 1.79. The van der Waals surface area contributed by atoms with Crippen molar-refractivity contribution >= 4 is 40.3 Å². The molecule has 1 fully saturated rings. The molecule has 0 atom stereocenters. The molecule has 0 aliphatic carbocycles. The number of carboxylic acids is 1. The van der Waals surface area contributed by atoms with Gasteiger partial charge in [-0.3, -0.25) is 4.79 Å². The third-order valence-corrected chi connectivity index (χ3v) is 6.59. The van der Waals surface area contributed by atoms with Crippen LogP contribution < -0.4 is 16.2 Å². The molecule has 2 aromatic heterocycles. The highest BCUT2D eigenvalue weighted by atomic mass is 19.4. The molecule has 0 radical (unpaired) electrons. The van der Waals surface area contributed by atoms with Crippen molar-refractivity contribution in [2.24, 2.45) is 0 Å². The third kappa shape index (κ3) is 9.33. The number of likely N-dealkylation sites (tertiary alicyclic amines) is 1. The van der Waals surface area contributed by atoms with E-state index in [-0.39, 0.29) is 23.6 Å². The highest BCUT2D eigenvalue weighted by molar-refractivity contribution is 6.07. The summed E-state index contributed by atoms with van der Waals surface area (Å²) in [5, 5.41) is 18.3. The summed E-state index contributed by atoms with van der Waals surface area (Å²) in [6.07, 6.45) is -3.18. The average molecular weight is 626 g/mol. The maximum atomic E-state index is 12.7. The van der Waals surface area contributed by atoms with E-state index in [0.717, 1.165) is 18.7 Å². The number of urea groups is 1. The Labute approximate surface area is 251 Å². The van der Waals surface area contributed by atoms with E-state index in [4.69, 9.17) is 19.7 Å². The number of ether oxygens (including phenoxy) is 1. The van der Waals surface area contributed by atoms with Crippen LogP contribution in [0.1, 0.15) is 51.6 Å². The molecule has 1 aromatic carbocycles. The van der Waals surface area contributed by atoms with Crippen LogP contribution >= 0.6 is 0 Å². The summed E-state index contributed by atoms with van der Waals surface area (Å²) in [5.74, 6) is -2.71. The molecule has 0 bridgehead atoms. The Bertz CT molecular complexity index is 1540. The summed E-state index contributed by atoms with van der Waals surface area (Å²) < 4.78 is 39.0. The number of fused-ring (bicyclic) bond motifs is 3. The zero-order valence-electron chi connectivity index (χ0n) is 25.2. The number of amides is 3. The highest BCUT2D eigenvalue weighted by Crippen LogP contribution is 2.32. The number of nitrogens with zero attached hydrogens (tertiary/aromatic N) is 4. The predicted molar refractivity (Wildman–Crippen MR) is 157 cm³/mol. The van der Waals surface area contributed by atoms with Crippen LogP contribution in [0.5, 0.6) is 0 Å². The number of H-pyrrole nitrogens is 1. The van der Waals surface area contributed by atoms with Crippen LogP contribution in [0.4, 0.5) is 28.4 Å². The lowest BCUT2D eigenvalue weighted by atomic mass is 9.93. The summed E-state index contributed by atoms with van der Waals surface area (Å²) in [7, 11) is 3.98. The highest BCUT2D eigenvalue weighted by Gasteiger charge is 2.38. The number of aromatic nitrogens is 3. The SMILES string of the molecule is CN(C)CCCNC(=O)Nc1cccc2nn3c(C4CCN(C(=O)OC(C)(C)C)CC4)cc(=O)[nH]c3c12.O=C(O)C(F)(F)F. The average Bonchev–Trinajstić information content (AvgIpc) is 3.29. The number of anilines is 1. The molecule has 16 heteroatoms. The quantitative estimate of drug-likeness (QED) is 0.299. The molecule has 44 heavy (non-hydrogen) atoms. The summed E-state index contributed by atoms with van der Waals surface area (Å²) in [4.78, 5) is 53.3. The Morgan fingerprint density at radius 2 is 1.80 bits per heavy atom. The van der Waals surface area contributed by atoms with E-state index in [1.165, 1.54) is 0 Å². The van der Waals surface area contributed by atoms with Crippen LogP contribution in [0.3, 0.4) is 0 Å². The van der Waals surface area contributed by atoms with Gasteiger partial charge in [0.2, 0.25) is 0 Å². The fourth-order valence-electron chi connectivity index (χ4n) is 4.63. The number of benzene rings is 1. The van der Waals surface area contributed by atoms with Gasteiger partial charge in [0.05, 0.1) is 22.3 Å². The first-order valence-corrected chi connectivity index (χ1v) is 14.0. The second-order valence-corrected chi connectivity index (χ2v) is 11.6. The van der Waals surface area contributed by atoms with Crippen molar-refractivity contribution in [1.29, 1.82) is 0 Å². The van der Waals surface area contributed by atoms with Crippen LogP contribution in [-0.4, -0.2) is 99.6 Å². The molecular weight excluding hydrogens is 587 g/mol. The first-order chi connectivity index (χ1) is 20.5. The smallest absolute Gasteiger partial charge is 0.475 e. The topological polar surface area (TPSA) is 161 Å². The molecule has 1 saturated heterocycles. The number of carboxylic acid groups (broad SMARTS) is 1. The van der Waals surface area contributed by atoms with Crippen molar-refractivity contribution in [2.75, 3.05) is 45.6 Å². The first-order valence-electron chi connectivity index (χ1n) is 14.0. The number of nitrogens with one attached hydrogen (secondary N) is 3. The second kappa shape index (κ2) is 14.0. The number of halogens is 3. The molecule has 0 unspecified atom stereocenters. The second-order valence-electron chi connectivity index (χ2n) is 11.6. The fourth-order valence-corrected chi connectivity index (χ4v) is 4.63. The van der Waals surface area contributed by atoms with Gasteiger partial charge in [0, 0.05) is 31.6 Å². The standard InChI is InChI=1S/C26H37N7O4.C2HF3O2/c1-26(2,3)37-25(36)32-14-10-17(11-15-32)20-16-21(34)29-23-22-18(8-6-9-19(22)30-33(20)23)28-24(35)27-12-7-13-31(4)5;3-2(4,5)1(6)7/h6,8-9,16-17H,7,10-15H2,1-5H3,(H,29,34)(H2,27,28,35);(H,6,7). The minimum Gasteiger partial charge on any atom is -0.475 e. The van der Waals surface area contributed by atoms with Crippen LogP contribution in [-0.2, 0) is 9.53 Å². The monoisotopic (exact) mass is 625 g/mol. The molecule has 3 aromatic rings. The Kier molecular flexibility index (Phi) is 10.8. The van der Waals surface area contributed by atoms with Gasteiger partial charge < -0.3 is 35.3 Å². The van der Waals surface area contributed by atoms with Gasteiger partial charge in [-0.25, -0.2) is 18.9 Å². The first kappa shape index (κ1) is 34.2. The lowest BCUT2D eigenvalue weighted by Crippen LogP contribution is -2.41. The minimum absolute atomic E-state index is 0.0502. The Morgan fingerprint density at radius 3 is 2.36 bits per heavy atom. The number of hydrogen-bond donors (Lipinski definition) is 4. The molecule has 4 N–H and O–H groups in total. The fraction of sp³-hybridized carbons (Fsp3) is 0.536. The van der Waals surface area contributed by atoms with Gasteiger partial charge in [-0.1, -0.05) is 6.07 Å². The van der Waals surface area contributed by atoms with Gasteiger partial charge in [0.1, 0.15) is 11.2 Å².